The molecule has 0 aliphatic carbocycles. The van der Waals surface area contributed by atoms with E-state index in [4.69, 9.17) is 0 Å². The summed E-state index contributed by atoms with van der Waals surface area (Å²) in [5, 5.41) is 0.231. The number of halogens is 1. The summed E-state index contributed by atoms with van der Waals surface area (Å²) in [6, 6.07) is 0. The predicted molar refractivity (Wildman–Crippen MR) is 70.7 cm³/mol. The SMILES string of the molecule is CC(Br)CCN(C)C(=O)C1CCCCS1. The van der Waals surface area contributed by atoms with E-state index in [9.17, 15) is 4.79 Å². The van der Waals surface area contributed by atoms with Crippen molar-refractivity contribution in [2.45, 2.75) is 42.7 Å². The van der Waals surface area contributed by atoms with Crippen LogP contribution in [-0.4, -0.2) is 40.2 Å². The van der Waals surface area contributed by atoms with Gasteiger partial charge in [0.05, 0.1) is 5.25 Å². The highest BCUT2D eigenvalue weighted by atomic mass is 79.9. The fourth-order valence-electron chi connectivity index (χ4n) is 1.66. The molecule has 1 saturated heterocycles. The molecule has 1 amide bonds. The molecule has 0 saturated carbocycles. The lowest BCUT2D eigenvalue weighted by Crippen LogP contribution is -2.37. The second kappa shape index (κ2) is 6.79. The van der Waals surface area contributed by atoms with Gasteiger partial charge in [-0.2, -0.15) is 0 Å². The van der Waals surface area contributed by atoms with Crippen LogP contribution in [0.3, 0.4) is 0 Å². The van der Waals surface area contributed by atoms with Crippen LogP contribution < -0.4 is 0 Å². The molecule has 2 unspecified atom stereocenters. The maximum Gasteiger partial charge on any atom is 0.235 e. The Morgan fingerprint density at radius 3 is 2.87 bits per heavy atom. The van der Waals surface area contributed by atoms with E-state index in [1.807, 2.05) is 23.7 Å². The first-order chi connectivity index (χ1) is 7.11. The number of hydrogen-bond donors (Lipinski definition) is 0. The first-order valence-corrected chi connectivity index (χ1v) is 7.58. The smallest absolute Gasteiger partial charge is 0.235 e. The van der Waals surface area contributed by atoms with Gasteiger partial charge in [-0.05, 0) is 25.0 Å². The average Bonchev–Trinajstić information content (AvgIpc) is 2.26. The largest absolute Gasteiger partial charge is 0.345 e. The van der Waals surface area contributed by atoms with E-state index in [0.717, 1.165) is 25.1 Å². The molecule has 1 aliphatic heterocycles. The van der Waals surface area contributed by atoms with Crippen LogP contribution in [0, 0.1) is 0 Å². The quantitative estimate of drug-likeness (QED) is 0.743. The minimum atomic E-state index is 0.231. The number of amides is 1. The molecule has 2 atom stereocenters. The van der Waals surface area contributed by atoms with Gasteiger partial charge >= 0.3 is 0 Å². The first kappa shape index (κ1) is 13.4. The molecule has 2 nitrogen and oxygen atoms in total. The Morgan fingerprint density at radius 1 is 1.60 bits per heavy atom. The molecule has 1 rings (SSSR count). The van der Waals surface area contributed by atoms with E-state index >= 15 is 0 Å². The van der Waals surface area contributed by atoms with Crippen molar-refractivity contribution < 1.29 is 4.79 Å². The zero-order valence-electron chi connectivity index (χ0n) is 9.54. The average molecular weight is 294 g/mol. The van der Waals surface area contributed by atoms with Gasteiger partial charge in [0, 0.05) is 18.4 Å². The molecule has 1 fully saturated rings. The van der Waals surface area contributed by atoms with Gasteiger partial charge in [-0.1, -0.05) is 29.3 Å². The second-order valence-electron chi connectivity index (χ2n) is 4.18. The van der Waals surface area contributed by atoms with Crippen molar-refractivity contribution in [1.82, 2.24) is 4.90 Å². The first-order valence-electron chi connectivity index (χ1n) is 5.62. The highest BCUT2D eigenvalue weighted by molar-refractivity contribution is 9.09. The molecule has 0 N–H and O–H groups in total. The van der Waals surface area contributed by atoms with Crippen LogP contribution in [0.4, 0.5) is 0 Å². The topological polar surface area (TPSA) is 20.3 Å². The summed E-state index contributed by atoms with van der Waals surface area (Å²) in [7, 11) is 1.92. The minimum absolute atomic E-state index is 0.231. The van der Waals surface area contributed by atoms with Gasteiger partial charge in [0.25, 0.3) is 0 Å². The third kappa shape index (κ3) is 4.77. The summed E-state index contributed by atoms with van der Waals surface area (Å²) in [6.45, 7) is 2.98. The highest BCUT2D eigenvalue weighted by Gasteiger charge is 2.24. The van der Waals surface area contributed by atoms with Crippen molar-refractivity contribution in [3.05, 3.63) is 0 Å². The monoisotopic (exact) mass is 293 g/mol. The van der Waals surface area contributed by atoms with Crippen molar-refractivity contribution in [2.24, 2.45) is 0 Å². The molecule has 88 valence electrons. The molecule has 0 aromatic heterocycles. The summed E-state index contributed by atoms with van der Waals surface area (Å²) >= 11 is 5.34. The fraction of sp³-hybridized carbons (Fsp3) is 0.909. The molecule has 1 aliphatic rings. The fourth-order valence-corrected chi connectivity index (χ4v) is 3.18. The Bertz CT molecular complexity index is 205. The molecule has 0 aromatic carbocycles. The van der Waals surface area contributed by atoms with Crippen LogP contribution in [0.15, 0.2) is 0 Å². The molecule has 0 spiro atoms. The molecule has 0 aromatic rings. The van der Waals surface area contributed by atoms with Crippen LogP contribution in [-0.2, 0) is 4.79 Å². The molecular formula is C11H20BrNOS. The lowest BCUT2D eigenvalue weighted by atomic mass is 10.1. The number of nitrogens with zero attached hydrogens (tertiary/aromatic N) is 1. The van der Waals surface area contributed by atoms with Gasteiger partial charge in [0.15, 0.2) is 0 Å². The van der Waals surface area contributed by atoms with Crippen LogP contribution in [0.1, 0.15) is 32.6 Å². The minimum Gasteiger partial charge on any atom is -0.345 e. The summed E-state index contributed by atoms with van der Waals surface area (Å²) in [5.74, 6) is 1.48. The molecule has 1 heterocycles. The normalized spacial score (nSPS) is 23.5. The Balaban J connectivity index is 2.30. The van der Waals surface area contributed by atoms with Crippen molar-refractivity contribution in [3.8, 4) is 0 Å². The third-order valence-electron chi connectivity index (χ3n) is 2.69. The number of rotatable bonds is 4. The van der Waals surface area contributed by atoms with Gasteiger partial charge in [-0.25, -0.2) is 0 Å². The van der Waals surface area contributed by atoms with Gasteiger partial charge in [0.2, 0.25) is 5.91 Å². The van der Waals surface area contributed by atoms with Crippen LogP contribution in [0.5, 0.6) is 0 Å². The lowest BCUT2D eigenvalue weighted by Gasteiger charge is -2.26. The van der Waals surface area contributed by atoms with E-state index in [-0.39, 0.29) is 5.25 Å². The zero-order chi connectivity index (χ0) is 11.3. The van der Waals surface area contributed by atoms with Crippen LogP contribution >= 0.6 is 27.7 Å². The number of carbonyl (C=O) groups is 1. The Hall–Kier alpha value is 0.300. The number of alkyl halides is 1. The number of carbonyl (C=O) groups excluding carboxylic acids is 1. The van der Waals surface area contributed by atoms with Crippen LogP contribution in [0.25, 0.3) is 0 Å². The Morgan fingerprint density at radius 2 is 2.33 bits per heavy atom. The van der Waals surface area contributed by atoms with Crippen molar-refractivity contribution in [2.75, 3.05) is 19.3 Å². The summed E-state index contributed by atoms with van der Waals surface area (Å²) in [6.07, 6.45) is 4.58. The summed E-state index contributed by atoms with van der Waals surface area (Å²) < 4.78 is 0. The molecule has 15 heavy (non-hydrogen) atoms. The molecule has 0 radical (unpaired) electrons. The molecule has 0 bridgehead atoms. The summed E-state index contributed by atoms with van der Waals surface area (Å²) in [5.41, 5.74) is 0. The van der Waals surface area contributed by atoms with E-state index in [0.29, 0.717) is 10.7 Å². The van der Waals surface area contributed by atoms with Gasteiger partial charge < -0.3 is 4.90 Å². The van der Waals surface area contributed by atoms with Crippen molar-refractivity contribution in [3.63, 3.8) is 0 Å². The molecular weight excluding hydrogens is 274 g/mol. The van der Waals surface area contributed by atoms with E-state index < -0.39 is 0 Å². The van der Waals surface area contributed by atoms with Crippen LogP contribution in [0.2, 0.25) is 0 Å². The summed E-state index contributed by atoms with van der Waals surface area (Å²) in [4.78, 5) is 14.4. The second-order valence-corrected chi connectivity index (χ2v) is 7.06. The third-order valence-corrected chi connectivity index (χ3v) is 4.52. The maximum absolute atomic E-state index is 12.0. The van der Waals surface area contributed by atoms with E-state index in [1.54, 1.807) is 0 Å². The highest BCUT2D eigenvalue weighted by Crippen LogP contribution is 2.26. The van der Waals surface area contributed by atoms with Crippen molar-refractivity contribution >= 4 is 33.6 Å². The number of hydrogen-bond acceptors (Lipinski definition) is 2. The van der Waals surface area contributed by atoms with Gasteiger partial charge in [-0.3, -0.25) is 4.79 Å². The Kier molecular flexibility index (Phi) is 6.05. The zero-order valence-corrected chi connectivity index (χ0v) is 11.9. The predicted octanol–water partition coefficient (Wildman–Crippen LogP) is 2.90. The van der Waals surface area contributed by atoms with E-state index in [1.165, 1.54) is 12.8 Å². The number of thioether (sulfide) groups is 1. The van der Waals surface area contributed by atoms with Gasteiger partial charge in [0.1, 0.15) is 0 Å². The van der Waals surface area contributed by atoms with E-state index in [2.05, 4.69) is 22.9 Å². The lowest BCUT2D eigenvalue weighted by molar-refractivity contribution is -0.129. The van der Waals surface area contributed by atoms with Crippen molar-refractivity contribution in [1.29, 1.82) is 0 Å². The maximum atomic E-state index is 12.0. The Labute approximate surface area is 105 Å². The van der Waals surface area contributed by atoms with Gasteiger partial charge in [-0.15, -0.1) is 11.8 Å². The standard InChI is InChI=1S/C11H20BrNOS/c1-9(12)6-7-13(2)11(14)10-5-3-4-8-15-10/h9-10H,3-8H2,1-2H3. The molecule has 4 heteroatoms.